The Morgan fingerprint density at radius 3 is 2.88 bits per heavy atom. The smallest absolute Gasteiger partial charge is 0.313 e. The number of amidine groups is 1. The maximum Gasteiger partial charge on any atom is 0.313 e. The Morgan fingerprint density at radius 1 is 1.59 bits per heavy atom. The van der Waals surface area contributed by atoms with Gasteiger partial charge < -0.3 is 10.5 Å². The highest BCUT2D eigenvalue weighted by Gasteiger charge is 2.06. The molecule has 0 bridgehead atoms. The molecule has 6 heteroatoms. The van der Waals surface area contributed by atoms with Crippen molar-refractivity contribution in [1.82, 2.24) is 0 Å². The van der Waals surface area contributed by atoms with Crippen molar-refractivity contribution in [1.29, 1.82) is 0 Å². The Bertz CT molecular complexity index is 449. The first-order chi connectivity index (χ1) is 8.02. The Morgan fingerprint density at radius 2 is 2.29 bits per heavy atom. The minimum Gasteiger partial charge on any atom is -0.466 e. The number of hydrogen-bond acceptors (Lipinski definition) is 3. The molecule has 0 aromatic heterocycles. The third kappa shape index (κ3) is 4.26. The minimum absolute atomic E-state index is 0.00729. The van der Waals surface area contributed by atoms with Gasteiger partial charge in [0.1, 0.15) is 31.6 Å². The number of halogens is 1. The molecule has 1 aromatic rings. The van der Waals surface area contributed by atoms with Gasteiger partial charge in [0.05, 0.1) is 6.61 Å². The summed E-state index contributed by atoms with van der Waals surface area (Å²) < 4.78 is 18.0. The molecule has 88 valence electrons. The van der Waals surface area contributed by atoms with Crippen molar-refractivity contribution in [3.63, 3.8) is 0 Å². The topological polar surface area (TPSA) is 64.7 Å². The summed E-state index contributed by atoms with van der Waals surface area (Å²) in [7, 11) is 5.38. The van der Waals surface area contributed by atoms with Crippen molar-refractivity contribution in [2.24, 2.45) is 10.7 Å². The van der Waals surface area contributed by atoms with Crippen LogP contribution in [0.25, 0.3) is 0 Å². The van der Waals surface area contributed by atoms with Gasteiger partial charge >= 0.3 is 5.97 Å². The summed E-state index contributed by atoms with van der Waals surface area (Å²) >= 11 is 0. The third-order valence-electron chi connectivity index (χ3n) is 1.87. The van der Waals surface area contributed by atoms with Crippen LogP contribution in [0, 0.1) is 5.82 Å². The minimum atomic E-state index is -0.586. The van der Waals surface area contributed by atoms with E-state index in [0.29, 0.717) is 5.46 Å². The van der Waals surface area contributed by atoms with Crippen LogP contribution in [0.1, 0.15) is 13.3 Å². The summed E-state index contributed by atoms with van der Waals surface area (Å²) in [5, 5.41) is 0. The average Bonchev–Trinajstić information content (AvgIpc) is 2.22. The molecule has 0 aliphatic carbocycles. The number of hydrogen-bond donors (Lipinski definition) is 1. The van der Waals surface area contributed by atoms with E-state index >= 15 is 0 Å². The second-order valence-electron chi connectivity index (χ2n) is 3.30. The summed E-state index contributed by atoms with van der Waals surface area (Å²) in [6.45, 7) is 1.95. The maximum absolute atomic E-state index is 13.3. The van der Waals surface area contributed by atoms with Crippen LogP contribution in [0.4, 0.5) is 10.1 Å². The number of ether oxygens (including phenoxy) is 1. The van der Waals surface area contributed by atoms with Crippen molar-refractivity contribution in [2.45, 2.75) is 13.3 Å². The summed E-state index contributed by atoms with van der Waals surface area (Å²) in [4.78, 5) is 14.9. The van der Waals surface area contributed by atoms with E-state index in [9.17, 15) is 9.18 Å². The normalized spacial score (nSPS) is 11.3. The Kier molecular flexibility index (Phi) is 4.69. The second-order valence-corrected chi connectivity index (χ2v) is 3.30. The lowest BCUT2D eigenvalue weighted by Gasteiger charge is -2.03. The molecule has 4 nitrogen and oxygen atoms in total. The molecule has 2 N–H and O–H groups in total. The first-order valence-electron chi connectivity index (χ1n) is 5.06. The molecular weight excluding hydrogens is 222 g/mol. The lowest BCUT2D eigenvalue weighted by atomic mass is 9.96. The lowest BCUT2D eigenvalue weighted by Crippen LogP contribution is -2.18. The highest BCUT2D eigenvalue weighted by atomic mass is 19.1. The molecule has 0 saturated carbocycles. The molecule has 0 amide bonds. The van der Waals surface area contributed by atoms with Gasteiger partial charge in [-0.3, -0.25) is 4.79 Å². The molecule has 17 heavy (non-hydrogen) atoms. The van der Waals surface area contributed by atoms with Crippen LogP contribution in [0.3, 0.4) is 0 Å². The fourth-order valence-corrected chi connectivity index (χ4v) is 1.17. The summed E-state index contributed by atoms with van der Waals surface area (Å²) in [6.07, 6.45) is -0.169. The number of nitrogens with zero attached hydrogens (tertiary/aromatic N) is 1. The number of carbonyl (C=O) groups is 1. The van der Waals surface area contributed by atoms with E-state index in [4.69, 9.17) is 13.6 Å². The van der Waals surface area contributed by atoms with Crippen molar-refractivity contribution in [3.05, 3.63) is 24.0 Å². The molecule has 2 radical (unpaired) electrons. The number of aliphatic imine (C=N–C) groups is 1. The Labute approximate surface area is 100 Å². The van der Waals surface area contributed by atoms with Crippen molar-refractivity contribution >= 4 is 30.8 Å². The second kappa shape index (κ2) is 6.03. The molecule has 1 rings (SSSR count). The number of rotatable bonds is 4. The first kappa shape index (κ1) is 13.2. The fraction of sp³-hybridized carbons (Fsp3) is 0.273. The van der Waals surface area contributed by atoms with E-state index in [1.54, 1.807) is 6.92 Å². The molecule has 0 aliphatic heterocycles. The predicted molar refractivity (Wildman–Crippen MR) is 64.3 cm³/mol. The average molecular weight is 234 g/mol. The first-order valence-corrected chi connectivity index (χ1v) is 5.06. The number of benzene rings is 1. The van der Waals surface area contributed by atoms with Crippen LogP contribution < -0.4 is 11.2 Å². The van der Waals surface area contributed by atoms with Gasteiger partial charge in [0.25, 0.3) is 0 Å². The zero-order valence-electron chi connectivity index (χ0n) is 9.44. The standard InChI is InChI=1S/C11H12BFN2O2/c1-2-17-11(16)6-10(14)15-9-4-3-7(12)5-8(9)13/h3-5H,2,6H2,1H3,(H2,14,15). The van der Waals surface area contributed by atoms with E-state index in [-0.39, 0.29) is 24.6 Å². The molecular formula is C11H12BFN2O2. The van der Waals surface area contributed by atoms with Gasteiger partial charge in [-0.05, 0) is 19.1 Å². The molecule has 0 spiro atoms. The van der Waals surface area contributed by atoms with Crippen LogP contribution in [-0.4, -0.2) is 26.3 Å². The summed E-state index contributed by atoms with van der Waals surface area (Å²) in [6, 6.07) is 4.03. The van der Waals surface area contributed by atoms with E-state index < -0.39 is 11.8 Å². The van der Waals surface area contributed by atoms with Crippen molar-refractivity contribution in [2.75, 3.05) is 6.61 Å². The van der Waals surface area contributed by atoms with Gasteiger partial charge in [-0.1, -0.05) is 11.5 Å². The quantitative estimate of drug-likeness (QED) is 0.358. The SMILES string of the molecule is [B]c1ccc(N=C(N)CC(=O)OCC)c(F)c1. The van der Waals surface area contributed by atoms with Gasteiger partial charge in [0.15, 0.2) is 0 Å². The van der Waals surface area contributed by atoms with Crippen LogP contribution in [0.5, 0.6) is 0 Å². The molecule has 0 fully saturated rings. The molecule has 0 unspecified atom stereocenters. The van der Waals surface area contributed by atoms with E-state index in [1.807, 2.05) is 0 Å². The maximum atomic E-state index is 13.3. The Hall–Kier alpha value is -1.85. The molecule has 0 atom stereocenters. The van der Waals surface area contributed by atoms with Gasteiger partial charge in [-0.15, -0.1) is 0 Å². The lowest BCUT2D eigenvalue weighted by molar-refractivity contribution is -0.141. The largest absolute Gasteiger partial charge is 0.466 e. The zero-order valence-corrected chi connectivity index (χ0v) is 9.44. The Balaban J connectivity index is 2.77. The van der Waals surface area contributed by atoms with Crippen LogP contribution >= 0.6 is 0 Å². The number of esters is 1. The molecule has 0 saturated heterocycles. The monoisotopic (exact) mass is 234 g/mol. The van der Waals surface area contributed by atoms with Crippen LogP contribution in [-0.2, 0) is 9.53 Å². The van der Waals surface area contributed by atoms with E-state index in [0.717, 1.165) is 6.07 Å². The highest BCUT2D eigenvalue weighted by Crippen LogP contribution is 2.15. The predicted octanol–water partition coefficient (Wildman–Crippen LogP) is 0.561. The third-order valence-corrected chi connectivity index (χ3v) is 1.87. The highest BCUT2D eigenvalue weighted by molar-refractivity contribution is 6.32. The van der Waals surface area contributed by atoms with Gasteiger partial charge in [0.2, 0.25) is 0 Å². The van der Waals surface area contributed by atoms with Crippen molar-refractivity contribution < 1.29 is 13.9 Å². The van der Waals surface area contributed by atoms with E-state index in [2.05, 4.69) is 9.73 Å². The van der Waals surface area contributed by atoms with Crippen LogP contribution in [0.2, 0.25) is 0 Å². The van der Waals surface area contributed by atoms with Crippen molar-refractivity contribution in [3.8, 4) is 0 Å². The molecule has 0 aliphatic rings. The number of carbonyl (C=O) groups excluding carboxylic acids is 1. The number of nitrogens with two attached hydrogens (primary N) is 1. The zero-order chi connectivity index (χ0) is 12.8. The van der Waals surface area contributed by atoms with Gasteiger partial charge in [0, 0.05) is 0 Å². The van der Waals surface area contributed by atoms with Gasteiger partial charge in [-0.25, -0.2) is 9.38 Å². The fourth-order valence-electron chi connectivity index (χ4n) is 1.17. The van der Waals surface area contributed by atoms with E-state index in [1.165, 1.54) is 12.1 Å². The van der Waals surface area contributed by atoms with Gasteiger partial charge in [-0.2, -0.15) is 0 Å². The summed E-state index contributed by atoms with van der Waals surface area (Å²) in [5.41, 5.74) is 5.83. The summed E-state index contributed by atoms with van der Waals surface area (Å²) in [5.74, 6) is -1.09. The van der Waals surface area contributed by atoms with Crippen LogP contribution in [0.15, 0.2) is 23.2 Å². The molecule has 0 heterocycles. The molecule has 1 aromatic carbocycles.